The van der Waals surface area contributed by atoms with Gasteiger partial charge in [0.15, 0.2) is 0 Å². The first-order chi connectivity index (χ1) is 8.15. The molecule has 1 aromatic carbocycles. The Bertz CT molecular complexity index is 346. The van der Waals surface area contributed by atoms with E-state index in [-0.39, 0.29) is 6.10 Å². The predicted molar refractivity (Wildman–Crippen MR) is 72.1 cm³/mol. The second kappa shape index (κ2) is 7.07. The van der Waals surface area contributed by atoms with Crippen LogP contribution in [0.4, 0.5) is 0 Å². The molecule has 0 fully saturated rings. The van der Waals surface area contributed by atoms with E-state index in [1.807, 2.05) is 37.3 Å². The summed E-state index contributed by atoms with van der Waals surface area (Å²) in [6, 6.07) is 9.97. The minimum Gasteiger partial charge on any atom is -0.385 e. The first-order valence-corrected chi connectivity index (χ1v) is 6.11. The van der Waals surface area contributed by atoms with Gasteiger partial charge in [0.25, 0.3) is 0 Å². The molecule has 2 N–H and O–H groups in total. The highest BCUT2D eigenvalue weighted by Gasteiger charge is 2.15. The van der Waals surface area contributed by atoms with Gasteiger partial charge in [-0.3, -0.25) is 4.99 Å². The molecule has 0 saturated heterocycles. The summed E-state index contributed by atoms with van der Waals surface area (Å²) in [4.78, 5) is 4.39. The number of ether oxygens (including phenoxy) is 1. The maximum absolute atomic E-state index is 6.01. The summed E-state index contributed by atoms with van der Waals surface area (Å²) in [6.07, 6.45) is -0.222. The summed E-state index contributed by atoms with van der Waals surface area (Å²) in [6.45, 7) is 7.56. The molecule has 0 amide bonds. The lowest BCUT2D eigenvalue weighted by atomic mass is 10.1. The van der Waals surface area contributed by atoms with Crippen LogP contribution in [0.2, 0.25) is 0 Å². The van der Waals surface area contributed by atoms with Gasteiger partial charge >= 0.3 is 0 Å². The largest absolute Gasteiger partial charge is 0.385 e. The zero-order valence-electron chi connectivity index (χ0n) is 10.9. The second-order valence-electron chi connectivity index (χ2n) is 4.41. The van der Waals surface area contributed by atoms with Crippen LogP contribution in [0.1, 0.15) is 32.4 Å². The summed E-state index contributed by atoms with van der Waals surface area (Å²) in [5, 5.41) is 0. The highest BCUT2D eigenvalue weighted by molar-refractivity contribution is 5.86. The van der Waals surface area contributed by atoms with E-state index in [9.17, 15) is 0 Å². The molecule has 3 heteroatoms. The maximum atomic E-state index is 6.01. The Morgan fingerprint density at radius 2 is 1.94 bits per heavy atom. The first kappa shape index (κ1) is 13.7. The summed E-state index contributed by atoms with van der Waals surface area (Å²) in [5.41, 5.74) is 7.06. The number of hydrogen-bond donors (Lipinski definition) is 1. The number of rotatable bonds is 6. The molecule has 0 saturated carbocycles. The maximum Gasteiger partial charge on any atom is 0.139 e. The molecule has 0 spiro atoms. The quantitative estimate of drug-likeness (QED) is 0.607. The summed E-state index contributed by atoms with van der Waals surface area (Å²) >= 11 is 0. The average molecular weight is 234 g/mol. The molecule has 0 bridgehead atoms. The van der Waals surface area contributed by atoms with Crippen molar-refractivity contribution in [1.82, 2.24) is 0 Å². The van der Waals surface area contributed by atoms with Gasteiger partial charge in [-0.15, -0.1) is 0 Å². The molecule has 94 valence electrons. The Labute approximate surface area is 104 Å². The molecule has 0 aromatic heterocycles. The van der Waals surface area contributed by atoms with Crippen molar-refractivity contribution in [3.05, 3.63) is 35.9 Å². The third-order valence-electron chi connectivity index (χ3n) is 2.34. The molecule has 0 aliphatic heterocycles. The van der Waals surface area contributed by atoms with Gasteiger partial charge in [0.1, 0.15) is 11.9 Å². The van der Waals surface area contributed by atoms with Crippen molar-refractivity contribution in [3.8, 4) is 0 Å². The van der Waals surface area contributed by atoms with Crippen LogP contribution in [0.25, 0.3) is 0 Å². The molecule has 0 heterocycles. The molecule has 0 radical (unpaired) electrons. The Kier molecular flexibility index (Phi) is 5.70. The normalized spacial score (nSPS) is 14.0. The van der Waals surface area contributed by atoms with Gasteiger partial charge in [0, 0.05) is 13.2 Å². The second-order valence-corrected chi connectivity index (χ2v) is 4.41. The number of nitrogens with zero attached hydrogens (tertiary/aromatic N) is 1. The highest BCUT2D eigenvalue weighted by Crippen LogP contribution is 2.17. The summed E-state index contributed by atoms with van der Waals surface area (Å²) < 4.78 is 5.67. The van der Waals surface area contributed by atoms with E-state index in [1.54, 1.807) is 0 Å². The molecule has 17 heavy (non-hydrogen) atoms. The van der Waals surface area contributed by atoms with E-state index < -0.39 is 0 Å². The van der Waals surface area contributed by atoms with E-state index in [0.29, 0.717) is 18.4 Å². The van der Waals surface area contributed by atoms with E-state index in [0.717, 1.165) is 12.1 Å². The molecule has 1 aromatic rings. The van der Waals surface area contributed by atoms with E-state index in [1.165, 1.54) is 0 Å². The first-order valence-electron chi connectivity index (χ1n) is 6.11. The summed E-state index contributed by atoms with van der Waals surface area (Å²) in [5.74, 6) is 1.07. The van der Waals surface area contributed by atoms with Crippen LogP contribution in [-0.2, 0) is 4.74 Å². The van der Waals surface area contributed by atoms with E-state index in [4.69, 9.17) is 10.5 Å². The molecular formula is C14H22N2O. The fraction of sp³-hybridized carbons (Fsp3) is 0.500. The standard InChI is InChI=1S/C14H22N2O/c1-4-17-13(12-8-6-5-7-9-12)14(15)16-10-11(2)3/h5-9,11,13H,4,10H2,1-3H3,(H2,15,16)/t13-/m0/s1. The lowest BCUT2D eigenvalue weighted by Gasteiger charge is -2.17. The topological polar surface area (TPSA) is 47.6 Å². The highest BCUT2D eigenvalue weighted by atomic mass is 16.5. The zero-order valence-corrected chi connectivity index (χ0v) is 10.9. The number of nitrogens with two attached hydrogens (primary N) is 1. The van der Waals surface area contributed by atoms with Crippen LogP contribution in [-0.4, -0.2) is 19.0 Å². The molecule has 0 unspecified atom stereocenters. The molecular weight excluding hydrogens is 212 g/mol. The molecule has 0 aliphatic carbocycles. The van der Waals surface area contributed by atoms with Gasteiger partial charge in [-0.25, -0.2) is 0 Å². The molecule has 1 atom stereocenters. The minimum absolute atomic E-state index is 0.222. The SMILES string of the molecule is CCO[C@H](C(N)=NCC(C)C)c1ccccc1. The van der Waals surface area contributed by atoms with Crippen molar-refractivity contribution in [3.63, 3.8) is 0 Å². The number of aliphatic imine (C=N–C) groups is 1. The third kappa shape index (κ3) is 4.57. The van der Waals surface area contributed by atoms with Gasteiger partial charge in [0.05, 0.1) is 0 Å². The number of hydrogen-bond acceptors (Lipinski definition) is 2. The zero-order chi connectivity index (χ0) is 12.7. The number of amidine groups is 1. The van der Waals surface area contributed by atoms with Crippen LogP contribution in [0.3, 0.4) is 0 Å². The van der Waals surface area contributed by atoms with Crippen molar-refractivity contribution in [2.24, 2.45) is 16.6 Å². The molecule has 3 nitrogen and oxygen atoms in total. The Morgan fingerprint density at radius 3 is 2.47 bits per heavy atom. The van der Waals surface area contributed by atoms with Gasteiger partial charge in [-0.1, -0.05) is 44.2 Å². The van der Waals surface area contributed by atoms with E-state index >= 15 is 0 Å². The van der Waals surface area contributed by atoms with Gasteiger partial charge < -0.3 is 10.5 Å². The monoisotopic (exact) mass is 234 g/mol. The summed E-state index contributed by atoms with van der Waals surface area (Å²) in [7, 11) is 0. The van der Waals surface area contributed by atoms with E-state index in [2.05, 4.69) is 18.8 Å². The van der Waals surface area contributed by atoms with Crippen molar-refractivity contribution in [2.45, 2.75) is 26.9 Å². The Hall–Kier alpha value is -1.35. The van der Waals surface area contributed by atoms with Crippen LogP contribution in [0.15, 0.2) is 35.3 Å². The fourth-order valence-corrected chi connectivity index (χ4v) is 1.52. The van der Waals surface area contributed by atoms with Crippen molar-refractivity contribution in [2.75, 3.05) is 13.2 Å². The van der Waals surface area contributed by atoms with Crippen molar-refractivity contribution < 1.29 is 4.74 Å². The fourth-order valence-electron chi connectivity index (χ4n) is 1.52. The van der Waals surface area contributed by atoms with Crippen molar-refractivity contribution >= 4 is 5.84 Å². The molecule has 0 aliphatic rings. The van der Waals surface area contributed by atoms with Gasteiger partial charge in [-0.05, 0) is 18.4 Å². The Morgan fingerprint density at radius 1 is 1.29 bits per heavy atom. The molecule has 1 rings (SSSR count). The lowest BCUT2D eigenvalue weighted by Crippen LogP contribution is -2.25. The van der Waals surface area contributed by atoms with Crippen LogP contribution in [0, 0.1) is 5.92 Å². The predicted octanol–water partition coefficient (Wildman–Crippen LogP) is 2.78. The van der Waals surface area contributed by atoms with Crippen LogP contribution in [0.5, 0.6) is 0 Å². The van der Waals surface area contributed by atoms with Crippen molar-refractivity contribution in [1.29, 1.82) is 0 Å². The smallest absolute Gasteiger partial charge is 0.139 e. The Balaban J connectivity index is 2.82. The third-order valence-corrected chi connectivity index (χ3v) is 2.34. The van der Waals surface area contributed by atoms with Gasteiger partial charge in [-0.2, -0.15) is 0 Å². The number of benzene rings is 1. The lowest BCUT2D eigenvalue weighted by molar-refractivity contribution is 0.109. The van der Waals surface area contributed by atoms with Crippen LogP contribution < -0.4 is 5.73 Å². The average Bonchev–Trinajstić information content (AvgIpc) is 2.34. The van der Waals surface area contributed by atoms with Crippen LogP contribution >= 0.6 is 0 Å². The minimum atomic E-state index is -0.222. The van der Waals surface area contributed by atoms with Gasteiger partial charge in [0.2, 0.25) is 0 Å².